The Balaban J connectivity index is 4.76. The zero-order valence-electron chi connectivity index (χ0n) is 8.71. The minimum Gasteiger partial charge on any atom is -0.480 e. The van der Waals surface area contributed by atoms with Crippen molar-refractivity contribution in [1.29, 1.82) is 0 Å². The number of carboxylic acid groups (broad SMARTS) is 1. The van der Waals surface area contributed by atoms with E-state index in [-0.39, 0.29) is 12.2 Å². The van der Waals surface area contributed by atoms with Crippen molar-refractivity contribution in [3.8, 4) is 0 Å². The predicted molar refractivity (Wildman–Crippen MR) is 53.0 cm³/mol. The van der Waals surface area contributed by atoms with E-state index in [9.17, 15) is 14.4 Å². The number of hydrogen-bond donors (Lipinski definition) is 3. The molecule has 0 aliphatic rings. The number of rotatable bonds is 6. The maximum absolute atomic E-state index is 11.6. The average Bonchev–Trinajstić information content (AvgIpc) is 2.16. The Hall–Kier alpha value is -1.27. The number of carboxylic acids is 1. The van der Waals surface area contributed by atoms with E-state index in [1.54, 1.807) is 13.8 Å². The number of aliphatic carboxylic acids is 1. The van der Waals surface area contributed by atoms with Gasteiger partial charge in [0.25, 0.3) is 0 Å². The summed E-state index contributed by atoms with van der Waals surface area (Å²) in [5.41, 5.74) is 10.7. The Morgan fingerprint density at radius 1 is 1.20 bits per heavy atom. The van der Waals surface area contributed by atoms with Gasteiger partial charge in [0, 0.05) is 0 Å². The van der Waals surface area contributed by atoms with Crippen molar-refractivity contribution < 1.29 is 19.5 Å². The molecule has 0 bridgehead atoms. The minimum absolute atomic E-state index is 0.166. The van der Waals surface area contributed by atoms with Gasteiger partial charge in [-0.1, -0.05) is 13.8 Å². The molecular formula is C9H16N2O4. The number of aldehydes is 1. The van der Waals surface area contributed by atoms with E-state index in [2.05, 4.69) is 0 Å². The maximum Gasteiger partial charge on any atom is 0.321 e. The minimum atomic E-state index is -1.53. The largest absolute Gasteiger partial charge is 0.480 e. The van der Waals surface area contributed by atoms with Gasteiger partial charge in [-0.15, -0.1) is 0 Å². The summed E-state index contributed by atoms with van der Waals surface area (Å²) >= 11 is 0. The van der Waals surface area contributed by atoms with Crippen LogP contribution in [0.5, 0.6) is 0 Å². The maximum atomic E-state index is 11.6. The molecule has 3 atom stereocenters. The third kappa shape index (κ3) is 3.41. The van der Waals surface area contributed by atoms with Crippen molar-refractivity contribution in [3.63, 3.8) is 0 Å². The van der Waals surface area contributed by atoms with E-state index in [0.29, 0.717) is 0 Å². The molecule has 0 radical (unpaired) electrons. The lowest BCUT2D eigenvalue weighted by molar-refractivity contribution is -0.144. The third-order valence-electron chi connectivity index (χ3n) is 2.19. The fourth-order valence-electron chi connectivity index (χ4n) is 1.03. The van der Waals surface area contributed by atoms with Gasteiger partial charge in [-0.25, -0.2) is 0 Å². The molecule has 0 fully saturated rings. The first-order chi connectivity index (χ1) is 6.82. The first-order valence-electron chi connectivity index (χ1n) is 4.55. The standard InChI is InChI=1S/C9H16N2O4/c1-4(2)6(10)8(13)5(3-12)7(11)9(14)15/h3-7H,10-11H2,1-2H3,(H,14,15). The molecule has 0 rings (SSSR count). The molecule has 0 spiro atoms. The Labute approximate surface area is 87.6 Å². The number of nitrogens with two attached hydrogens (primary N) is 2. The molecule has 0 saturated heterocycles. The fourth-order valence-corrected chi connectivity index (χ4v) is 1.03. The summed E-state index contributed by atoms with van der Waals surface area (Å²) in [5.74, 6) is -3.56. The zero-order valence-corrected chi connectivity index (χ0v) is 8.71. The van der Waals surface area contributed by atoms with Crippen LogP contribution in [0.25, 0.3) is 0 Å². The lowest BCUT2D eigenvalue weighted by Gasteiger charge is -2.20. The smallest absolute Gasteiger partial charge is 0.321 e. The molecular weight excluding hydrogens is 200 g/mol. The average molecular weight is 216 g/mol. The Bertz CT molecular complexity index is 265. The number of Topliss-reactive ketones (excluding diaryl/α,β-unsaturated/α-hetero) is 1. The summed E-state index contributed by atoms with van der Waals surface area (Å²) in [6, 6.07) is -2.40. The van der Waals surface area contributed by atoms with Gasteiger partial charge in [-0.3, -0.25) is 9.59 Å². The topological polar surface area (TPSA) is 123 Å². The lowest BCUT2D eigenvalue weighted by Crippen LogP contribution is -2.49. The van der Waals surface area contributed by atoms with Gasteiger partial charge in [0.05, 0.1) is 6.04 Å². The molecule has 0 aromatic rings. The van der Waals surface area contributed by atoms with Crippen LogP contribution in [-0.4, -0.2) is 35.2 Å². The number of hydrogen-bond acceptors (Lipinski definition) is 5. The molecule has 0 aliphatic heterocycles. The second-order valence-electron chi connectivity index (χ2n) is 3.70. The van der Waals surface area contributed by atoms with Crippen LogP contribution in [0.1, 0.15) is 13.8 Å². The van der Waals surface area contributed by atoms with E-state index in [0.717, 1.165) is 0 Å². The molecule has 6 nitrogen and oxygen atoms in total. The first-order valence-corrected chi connectivity index (χ1v) is 4.55. The SMILES string of the molecule is CC(C)C(N)C(=O)C(C=O)C(N)C(=O)O. The van der Waals surface area contributed by atoms with Crippen LogP contribution < -0.4 is 11.5 Å². The van der Waals surface area contributed by atoms with Crippen LogP contribution in [0, 0.1) is 11.8 Å². The van der Waals surface area contributed by atoms with E-state index in [1.807, 2.05) is 0 Å². The van der Waals surface area contributed by atoms with Gasteiger partial charge < -0.3 is 21.4 Å². The number of carbonyl (C=O) groups is 3. The molecule has 86 valence electrons. The van der Waals surface area contributed by atoms with Gasteiger partial charge in [0.1, 0.15) is 18.2 Å². The van der Waals surface area contributed by atoms with Crippen molar-refractivity contribution in [2.75, 3.05) is 0 Å². The van der Waals surface area contributed by atoms with Crippen LogP contribution in [0.15, 0.2) is 0 Å². The van der Waals surface area contributed by atoms with Crippen LogP contribution >= 0.6 is 0 Å². The monoisotopic (exact) mass is 216 g/mol. The second-order valence-corrected chi connectivity index (χ2v) is 3.70. The molecule has 3 unspecified atom stereocenters. The molecule has 15 heavy (non-hydrogen) atoms. The van der Waals surface area contributed by atoms with Crippen molar-refractivity contribution in [2.45, 2.75) is 25.9 Å². The van der Waals surface area contributed by atoms with Crippen molar-refractivity contribution >= 4 is 18.0 Å². The zero-order chi connectivity index (χ0) is 12.2. The lowest BCUT2D eigenvalue weighted by atomic mass is 9.88. The highest BCUT2D eigenvalue weighted by molar-refractivity contribution is 6.01. The quantitative estimate of drug-likeness (QED) is 0.377. The Kier molecular flexibility index (Phi) is 5.10. The number of ketones is 1. The summed E-state index contributed by atoms with van der Waals surface area (Å²) in [6.45, 7) is 3.41. The third-order valence-corrected chi connectivity index (χ3v) is 2.19. The van der Waals surface area contributed by atoms with Crippen LogP contribution in [0.2, 0.25) is 0 Å². The Morgan fingerprint density at radius 2 is 1.67 bits per heavy atom. The van der Waals surface area contributed by atoms with Crippen LogP contribution in [-0.2, 0) is 14.4 Å². The van der Waals surface area contributed by atoms with E-state index in [1.165, 1.54) is 0 Å². The summed E-state index contributed by atoms with van der Waals surface area (Å²) in [5, 5.41) is 8.58. The molecule has 0 aromatic heterocycles. The molecule has 0 aromatic carbocycles. The summed E-state index contributed by atoms with van der Waals surface area (Å²) in [4.78, 5) is 32.7. The molecule has 6 heteroatoms. The van der Waals surface area contributed by atoms with Crippen molar-refractivity contribution in [3.05, 3.63) is 0 Å². The normalized spacial score (nSPS) is 16.9. The molecule has 0 heterocycles. The van der Waals surface area contributed by atoms with Gasteiger partial charge in [-0.2, -0.15) is 0 Å². The van der Waals surface area contributed by atoms with Gasteiger partial charge in [0.2, 0.25) is 0 Å². The van der Waals surface area contributed by atoms with E-state index in [4.69, 9.17) is 16.6 Å². The summed E-state index contributed by atoms with van der Waals surface area (Å²) in [7, 11) is 0. The van der Waals surface area contributed by atoms with Gasteiger partial charge >= 0.3 is 5.97 Å². The highest BCUT2D eigenvalue weighted by Gasteiger charge is 2.34. The molecule has 0 aliphatic carbocycles. The molecule has 0 amide bonds. The fraction of sp³-hybridized carbons (Fsp3) is 0.667. The summed E-state index contributed by atoms with van der Waals surface area (Å²) in [6.07, 6.45) is 0.239. The van der Waals surface area contributed by atoms with Crippen molar-refractivity contribution in [2.24, 2.45) is 23.3 Å². The van der Waals surface area contributed by atoms with Crippen LogP contribution in [0.3, 0.4) is 0 Å². The Morgan fingerprint density at radius 3 is 1.93 bits per heavy atom. The summed E-state index contributed by atoms with van der Waals surface area (Å²) < 4.78 is 0. The highest BCUT2D eigenvalue weighted by atomic mass is 16.4. The van der Waals surface area contributed by atoms with Crippen LogP contribution in [0.4, 0.5) is 0 Å². The van der Waals surface area contributed by atoms with E-state index < -0.39 is 29.8 Å². The molecule has 5 N–H and O–H groups in total. The molecule has 0 saturated carbocycles. The predicted octanol–water partition coefficient (Wildman–Crippen LogP) is -1.23. The highest BCUT2D eigenvalue weighted by Crippen LogP contribution is 2.09. The van der Waals surface area contributed by atoms with Gasteiger partial charge in [0.15, 0.2) is 5.78 Å². The number of carbonyl (C=O) groups excluding carboxylic acids is 2. The van der Waals surface area contributed by atoms with Gasteiger partial charge in [-0.05, 0) is 5.92 Å². The first kappa shape index (κ1) is 13.7. The van der Waals surface area contributed by atoms with E-state index >= 15 is 0 Å². The second kappa shape index (κ2) is 5.57. The van der Waals surface area contributed by atoms with Crippen molar-refractivity contribution in [1.82, 2.24) is 0 Å².